The molecule has 1 saturated heterocycles. The van der Waals surface area contributed by atoms with E-state index in [0.717, 1.165) is 23.1 Å². The number of hydrogen-bond donors (Lipinski definition) is 1. The van der Waals surface area contributed by atoms with Crippen molar-refractivity contribution in [3.8, 4) is 17.2 Å². The van der Waals surface area contributed by atoms with Gasteiger partial charge < -0.3 is 9.47 Å². The molecule has 1 aliphatic heterocycles. The number of thiocarbonyl (C=S) groups is 1. The van der Waals surface area contributed by atoms with Gasteiger partial charge in [0.15, 0.2) is 16.6 Å². The number of anilines is 1. The maximum atomic E-state index is 13.2. The lowest BCUT2D eigenvalue weighted by Crippen LogP contribution is -2.54. The molecule has 38 heavy (non-hydrogen) atoms. The van der Waals surface area contributed by atoms with Gasteiger partial charge in [-0.3, -0.25) is 40.0 Å². The van der Waals surface area contributed by atoms with Crippen molar-refractivity contribution in [3.05, 3.63) is 97.1 Å². The lowest BCUT2D eigenvalue weighted by atomic mass is 10.1. The van der Waals surface area contributed by atoms with Crippen molar-refractivity contribution >= 4 is 63.9 Å². The number of benzene rings is 3. The van der Waals surface area contributed by atoms with E-state index in [4.69, 9.17) is 33.3 Å². The summed E-state index contributed by atoms with van der Waals surface area (Å²) >= 11 is 11.2. The van der Waals surface area contributed by atoms with E-state index in [0.29, 0.717) is 16.3 Å². The second-order valence-corrected chi connectivity index (χ2v) is 8.44. The Bertz CT molecular complexity index is 1560. The molecule has 0 aromatic heterocycles. The first kappa shape index (κ1) is 26.2. The minimum absolute atomic E-state index is 0.0488. The molecule has 0 bridgehead atoms. The summed E-state index contributed by atoms with van der Waals surface area (Å²) in [5.41, 5.74) is -0.580. The van der Waals surface area contributed by atoms with Gasteiger partial charge in [-0.15, -0.1) is 0 Å². The zero-order valence-electron chi connectivity index (χ0n) is 19.2. The summed E-state index contributed by atoms with van der Waals surface area (Å²) in [5.74, 6) is -1.48. The zero-order chi connectivity index (χ0) is 27.6. The highest BCUT2D eigenvalue weighted by molar-refractivity contribution is 7.80. The number of nitrogens with one attached hydrogen (secondary N) is 1. The Hall–Kier alpha value is -4.88. The van der Waals surface area contributed by atoms with Gasteiger partial charge in [-0.2, -0.15) is 0 Å². The number of carbonyl (C=O) groups is 2. The number of methoxy groups -OCH3 is 1. The number of amides is 2. The highest BCUT2D eigenvalue weighted by atomic mass is 35.5. The van der Waals surface area contributed by atoms with Gasteiger partial charge in [-0.05, 0) is 60.3 Å². The number of nitro groups is 2. The lowest BCUT2D eigenvalue weighted by Gasteiger charge is -2.29. The molecule has 1 heterocycles. The van der Waals surface area contributed by atoms with Crippen LogP contribution in [0.2, 0.25) is 5.02 Å². The average Bonchev–Trinajstić information content (AvgIpc) is 2.87. The molecule has 1 N–H and O–H groups in total. The molecule has 2 amide bonds. The third kappa shape index (κ3) is 5.28. The van der Waals surface area contributed by atoms with Crippen LogP contribution in [0.1, 0.15) is 5.56 Å². The Morgan fingerprint density at radius 3 is 2.37 bits per heavy atom. The van der Waals surface area contributed by atoms with Crippen LogP contribution in [0, 0.1) is 20.2 Å². The second kappa shape index (κ2) is 10.6. The first-order valence-electron chi connectivity index (χ1n) is 10.5. The second-order valence-electron chi connectivity index (χ2n) is 7.62. The number of nitrogens with zero attached hydrogens (tertiary/aromatic N) is 3. The maximum Gasteiger partial charge on any atom is 0.318 e. The van der Waals surface area contributed by atoms with Crippen LogP contribution in [0.3, 0.4) is 0 Å². The number of rotatable bonds is 7. The van der Waals surface area contributed by atoms with E-state index in [-0.39, 0.29) is 27.9 Å². The molecule has 4 rings (SSSR count). The van der Waals surface area contributed by atoms with Crippen LogP contribution in [0.15, 0.2) is 66.2 Å². The van der Waals surface area contributed by atoms with Crippen LogP contribution < -0.4 is 19.7 Å². The fourth-order valence-corrected chi connectivity index (χ4v) is 3.96. The normalized spacial score (nSPS) is 14.3. The molecular formula is C24H15ClN4O8S. The highest BCUT2D eigenvalue weighted by Gasteiger charge is 2.34. The summed E-state index contributed by atoms with van der Waals surface area (Å²) < 4.78 is 10.9. The van der Waals surface area contributed by atoms with E-state index >= 15 is 0 Å². The van der Waals surface area contributed by atoms with Crippen LogP contribution in [0.4, 0.5) is 17.1 Å². The average molecular weight is 555 g/mol. The van der Waals surface area contributed by atoms with E-state index in [1.807, 2.05) is 0 Å². The van der Waals surface area contributed by atoms with Crippen LogP contribution >= 0.6 is 23.8 Å². The monoisotopic (exact) mass is 554 g/mol. The Kier molecular flexibility index (Phi) is 7.32. The SMILES string of the molecule is COc1cc(/C=C2\C(=O)NC(=S)N(c3cccc(Cl)c3)C2=O)ccc1Oc1ccc([N+](=O)[O-])cc1[N+](=O)[O-]. The molecule has 192 valence electrons. The van der Waals surface area contributed by atoms with Gasteiger partial charge in [0.05, 0.1) is 28.7 Å². The van der Waals surface area contributed by atoms with Crippen LogP contribution in [0.25, 0.3) is 6.08 Å². The molecular weight excluding hydrogens is 540 g/mol. The van der Waals surface area contributed by atoms with Gasteiger partial charge in [0.25, 0.3) is 17.5 Å². The van der Waals surface area contributed by atoms with E-state index in [1.54, 1.807) is 18.2 Å². The molecule has 3 aromatic rings. The van der Waals surface area contributed by atoms with E-state index in [1.165, 1.54) is 37.5 Å². The minimum atomic E-state index is -0.809. The molecule has 0 atom stereocenters. The summed E-state index contributed by atoms with van der Waals surface area (Å²) in [6, 6.07) is 13.7. The Morgan fingerprint density at radius 2 is 1.71 bits per heavy atom. The van der Waals surface area contributed by atoms with Crippen molar-refractivity contribution in [1.29, 1.82) is 0 Å². The van der Waals surface area contributed by atoms with Crippen molar-refractivity contribution in [2.45, 2.75) is 0 Å². The first-order chi connectivity index (χ1) is 18.1. The molecule has 0 spiro atoms. The predicted octanol–water partition coefficient (Wildman–Crippen LogP) is 4.79. The zero-order valence-corrected chi connectivity index (χ0v) is 20.8. The van der Waals surface area contributed by atoms with Crippen molar-refractivity contribution in [2.75, 3.05) is 12.0 Å². The van der Waals surface area contributed by atoms with Crippen LogP contribution in [-0.4, -0.2) is 33.9 Å². The number of hydrogen-bond acceptors (Lipinski definition) is 9. The van der Waals surface area contributed by atoms with Crippen molar-refractivity contribution in [3.63, 3.8) is 0 Å². The van der Waals surface area contributed by atoms with Crippen LogP contribution in [0.5, 0.6) is 17.2 Å². The molecule has 0 saturated carbocycles. The molecule has 1 fully saturated rings. The largest absolute Gasteiger partial charge is 0.493 e. The van der Waals surface area contributed by atoms with E-state index < -0.39 is 33.0 Å². The standard InChI is InChI=1S/C24H15ClN4O8S/c1-36-21-10-13(5-7-20(21)37-19-8-6-16(28(32)33)12-18(19)29(34)35)9-17-22(30)26-24(38)27(23(17)31)15-4-2-3-14(25)11-15/h2-12H,1H3,(H,26,30,38)/b17-9+. The Morgan fingerprint density at radius 1 is 0.974 bits per heavy atom. The smallest absolute Gasteiger partial charge is 0.318 e. The van der Waals surface area contributed by atoms with Gasteiger partial charge >= 0.3 is 5.69 Å². The molecule has 0 unspecified atom stereocenters. The number of ether oxygens (including phenoxy) is 2. The van der Waals surface area contributed by atoms with Gasteiger partial charge in [0, 0.05) is 11.1 Å². The summed E-state index contributed by atoms with van der Waals surface area (Å²) in [5, 5.41) is 25.1. The van der Waals surface area contributed by atoms with Gasteiger partial charge in [0.2, 0.25) is 5.75 Å². The topological polar surface area (TPSA) is 154 Å². The minimum Gasteiger partial charge on any atom is -0.493 e. The van der Waals surface area contributed by atoms with E-state index in [2.05, 4.69) is 5.32 Å². The number of nitro benzene ring substituents is 2. The Balaban J connectivity index is 1.67. The van der Waals surface area contributed by atoms with Crippen LogP contribution in [-0.2, 0) is 9.59 Å². The fraction of sp³-hybridized carbons (Fsp3) is 0.0417. The summed E-state index contributed by atoms with van der Waals surface area (Å²) in [4.78, 5) is 47.8. The van der Waals surface area contributed by atoms with Crippen molar-refractivity contribution in [1.82, 2.24) is 5.32 Å². The number of carbonyl (C=O) groups excluding carboxylic acids is 2. The van der Waals surface area contributed by atoms with Crippen molar-refractivity contribution in [2.24, 2.45) is 0 Å². The quantitative estimate of drug-likeness (QED) is 0.143. The third-order valence-corrected chi connectivity index (χ3v) is 5.76. The summed E-state index contributed by atoms with van der Waals surface area (Å²) in [6.45, 7) is 0. The highest BCUT2D eigenvalue weighted by Crippen LogP contribution is 2.38. The van der Waals surface area contributed by atoms with Gasteiger partial charge in [-0.1, -0.05) is 23.7 Å². The molecule has 1 aliphatic rings. The molecule has 0 aliphatic carbocycles. The Labute approximate surface area is 224 Å². The van der Waals surface area contributed by atoms with Gasteiger partial charge in [-0.25, -0.2) is 0 Å². The number of halogens is 1. The summed E-state index contributed by atoms with van der Waals surface area (Å²) in [6.07, 6.45) is 1.32. The molecule has 14 heteroatoms. The molecule has 12 nitrogen and oxygen atoms in total. The third-order valence-electron chi connectivity index (χ3n) is 5.24. The summed E-state index contributed by atoms with van der Waals surface area (Å²) in [7, 11) is 1.32. The number of non-ortho nitro benzene ring substituents is 1. The van der Waals surface area contributed by atoms with E-state index in [9.17, 15) is 29.8 Å². The fourth-order valence-electron chi connectivity index (χ4n) is 3.50. The first-order valence-corrected chi connectivity index (χ1v) is 11.3. The molecule has 0 radical (unpaired) electrons. The maximum absolute atomic E-state index is 13.2. The molecule has 3 aromatic carbocycles. The lowest BCUT2D eigenvalue weighted by molar-refractivity contribution is -0.394. The van der Waals surface area contributed by atoms with Crippen molar-refractivity contribution < 1.29 is 28.9 Å². The predicted molar refractivity (Wildman–Crippen MR) is 140 cm³/mol. The van der Waals surface area contributed by atoms with Gasteiger partial charge in [0.1, 0.15) is 5.57 Å².